The van der Waals surface area contributed by atoms with Crippen molar-refractivity contribution < 1.29 is 33.9 Å². The monoisotopic (exact) mass is 519 g/mol. The Kier molecular flexibility index (Phi) is 6.60. The van der Waals surface area contributed by atoms with Gasteiger partial charge in [-0.25, -0.2) is 9.96 Å². The number of hydroxylamine groups is 1. The van der Waals surface area contributed by atoms with Gasteiger partial charge in [-0.15, -0.1) is 0 Å². The predicted molar refractivity (Wildman–Crippen MR) is 136 cm³/mol. The van der Waals surface area contributed by atoms with Crippen LogP contribution in [-0.2, 0) is 14.4 Å². The predicted octanol–water partition coefficient (Wildman–Crippen LogP) is 4.15. The number of hydrogen-bond acceptors (Lipinski definition) is 9. The lowest BCUT2D eigenvalue weighted by Crippen LogP contribution is -2.37. The van der Waals surface area contributed by atoms with Gasteiger partial charge in [-0.2, -0.15) is 0 Å². The number of non-ortho nitro benzene ring substituents is 1. The third kappa shape index (κ3) is 4.26. The number of ether oxygens (including phenoxy) is 2. The first-order valence-electron chi connectivity index (χ1n) is 12.0. The maximum Gasteiger partial charge on any atom is 0.271 e. The van der Waals surface area contributed by atoms with Gasteiger partial charge in [0.25, 0.3) is 11.6 Å². The maximum absolute atomic E-state index is 13.8. The summed E-state index contributed by atoms with van der Waals surface area (Å²) in [5, 5.41) is 22.9. The lowest BCUT2D eigenvalue weighted by Gasteiger charge is -2.29. The van der Waals surface area contributed by atoms with E-state index < -0.39 is 34.8 Å². The summed E-state index contributed by atoms with van der Waals surface area (Å²) in [6.45, 7) is 2.54. The number of amides is 2. The molecule has 2 fully saturated rings. The number of phenols is 1. The molecule has 5 rings (SSSR count). The topological polar surface area (TPSA) is 132 Å². The molecular formula is C27H25N3O8. The third-order valence-electron chi connectivity index (χ3n) is 6.52. The van der Waals surface area contributed by atoms with Gasteiger partial charge in [0.15, 0.2) is 17.6 Å². The number of nitrogens with zero attached hydrogens (tertiary/aromatic N) is 3. The number of rotatable bonds is 8. The number of benzene rings is 3. The molecule has 0 radical (unpaired) electrons. The van der Waals surface area contributed by atoms with E-state index in [1.54, 1.807) is 42.5 Å². The van der Waals surface area contributed by atoms with Crippen LogP contribution in [0.25, 0.3) is 0 Å². The van der Waals surface area contributed by atoms with E-state index in [-0.39, 0.29) is 17.2 Å². The van der Waals surface area contributed by atoms with Crippen molar-refractivity contribution in [1.82, 2.24) is 0 Å². The van der Waals surface area contributed by atoms with Gasteiger partial charge in [-0.05, 0) is 54.4 Å². The highest BCUT2D eigenvalue weighted by molar-refractivity contribution is 6.24. The van der Waals surface area contributed by atoms with E-state index in [1.807, 2.05) is 6.92 Å². The minimum absolute atomic E-state index is 0.102. The van der Waals surface area contributed by atoms with E-state index in [1.165, 1.54) is 36.4 Å². The standard InChI is InChI=1S/C27H25N3O8/c1-3-13-37-20-10-8-17(9-11-20)28-26(32)23-24(16-7-12-21(31)22(14-16)36-2)29(38-25(23)27(28)33)18-5-4-6-19(15-18)30(34)35/h4-12,14-15,23-25,31H,3,13H2,1-2H3/t23-,24+,25+/m1/s1. The molecule has 38 heavy (non-hydrogen) atoms. The molecular weight excluding hydrogens is 494 g/mol. The highest BCUT2D eigenvalue weighted by atomic mass is 16.7. The number of hydrogen-bond donors (Lipinski definition) is 1. The number of imide groups is 1. The fourth-order valence-electron chi connectivity index (χ4n) is 4.76. The molecule has 1 N–H and O–H groups in total. The number of methoxy groups -OCH3 is 1. The molecule has 2 saturated heterocycles. The van der Waals surface area contributed by atoms with Crippen LogP contribution in [0.1, 0.15) is 24.9 Å². The zero-order valence-electron chi connectivity index (χ0n) is 20.6. The number of anilines is 2. The van der Waals surface area contributed by atoms with Crippen LogP contribution < -0.4 is 19.4 Å². The molecule has 0 unspecified atom stereocenters. The molecule has 0 aliphatic carbocycles. The summed E-state index contributed by atoms with van der Waals surface area (Å²) in [6, 6.07) is 16.1. The van der Waals surface area contributed by atoms with Gasteiger partial charge < -0.3 is 14.6 Å². The fraction of sp³-hybridized carbons (Fsp3) is 0.259. The number of carbonyl (C=O) groups is 2. The van der Waals surface area contributed by atoms with E-state index in [9.17, 15) is 24.8 Å². The molecule has 0 spiro atoms. The first kappa shape index (κ1) is 25.0. The van der Waals surface area contributed by atoms with E-state index in [0.717, 1.165) is 11.3 Å². The normalized spacial score (nSPS) is 20.5. The second kappa shape index (κ2) is 10.0. The Labute approximate surface area is 217 Å². The zero-order valence-corrected chi connectivity index (χ0v) is 20.6. The van der Waals surface area contributed by atoms with Crippen LogP contribution in [0.5, 0.6) is 17.2 Å². The molecule has 3 aromatic rings. The summed E-state index contributed by atoms with van der Waals surface area (Å²) in [5.41, 5.74) is 1.03. The number of fused-ring (bicyclic) bond motifs is 1. The van der Waals surface area contributed by atoms with Crippen LogP contribution in [0.4, 0.5) is 17.1 Å². The number of nitro groups is 1. The molecule has 3 atom stereocenters. The highest BCUT2D eigenvalue weighted by Crippen LogP contribution is 2.49. The van der Waals surface area contributed by atoms with Gasteiger partial charge in [-0.1, -0.05) is 19.1 Å². The van der Waals surface area contributed by atoms with Crippen LogP contribution >= 0.6 is 0 Å². The van der Waals surface area contributed by atoms with Crippen molar-refractivity contribution in [2.75, 3.05) is 23.7 Å². The maximum atomic E-state index is 13.8. The lowest BCUT2D eigenvalue weighted by molar-refractivity contribution is -0.384. The van der Waals surface area contributed by atoms with Gasteiger partial charge >= 0.3 is 0 Å². The van der Waals surface area contributed by atoms with Gasteiger partial charge in [0.1, 0.15) is 11.7 Å². The number of phenolic OH excluding ortho intramolecular Hbond substituents is 1. The van der Waals surface area contributed by atoms with Crippen LogP contribution in [0.2, 0.25) is 0 Å². The van der Waals surface area contributed by atoms with Gasteiger partial charge in [0.05, 0.1) is 36.1 Å². The van der Waals surface area contributed by atoms with Crippen molar-refractivity contribution >= 4 is 28.9 Å². The number of nitro benzene ring substituents is 1. The molecule has 0 aromatic heterocycles. The Morgan fingerprint density at radius 3 is 2.47 bits per heavy atom. The zero-order chi connectivity index (χ0) is 27.0. The Morgan fingerprint density at radius 2 is 1.79 bits per heavy atom. The Bertz CT molecular complexity index is 1390. The van der Waals surface area contributed by atoms with Crippen molar-refractivity contribution in [1.29, 1.82) is 0 Å². The summed E-state index contributed by atoms with van der Waals surface area (Å²) >= 11 is 0. The molecule has 0 bridgehead atoms. The third-order valence-corrected chi connectivity index (χ3v) is 6.52. The molecule has 2 heterocycles. The Morgan fingerprint density at radius 1 is 1.03 bits per heavy atom. The minimum Gasteiger partial charge on any atom is -0.504 e. The number of aromatic hydroxyl groups is 1. The van der Waals surface area contributed by atoms with E-state index >= 15 is 0 Å². The fourth-order valence-corrected chi connectivity index (χ4v) is 4.76. The van der Waals surface area contributed by atoms with Crippen LogP contribution in [0.3, 0.4) is 0 Å². The first-order chi connectivity index (χ1) is 18.3. The largest absolute Gasteiger partial charge is 0.504 e. The van der Waals surface area contributed by atoms with E-state index in [2.05, 4.69) is 0 Å². The number of carbonyl (C=O) groups excluding carboxylic acids is 2. The van der Waals surface area contributed by atoms with Crippen molar-refractivity contribution in [2.24, 2.45) is 5.92 Å². The van der Waals surface area contributed by atoms with Gasteiger partial charge in [-0.3, -0.25) is 24.5 Å². The van der Waals surface area contributed by atoms with Crippen molar-refractivity contribution in [2.45, 2.75) is 25.5 Å². The smallest absolute Gasteiger partial charge is 0.271 e. The van der Waals surface area contributed by atoms with E-state index in [4.69, 9.17) is 14.3 Å². The van der Waals surface area contributed by atoms with Crippen LogP contribution in [0.15, 0.2) is 66.7 Å². The Hall–Kier alpha value is -4.64. The quantitative estimate of drug-likeness (QED) is 0.265. The molecule has 11 nitrogen and oxygen atoms in total. The van der Waals surface area contributed by atoms with Crippen molar-refractivity contribution in [3.05, 3.63) is 82.4 Å². The van der Waals surface area contributed by atoms with E-state index in [0.29, 0.717) is 29.3 Å². The highest BCUT2D eigenvalue weighted by Gasteiger charge is 2.60. The summed E-state index contributed by atoms with van der Waals surface area (Å²) in [6.07, 6.45) is -0.321. The second-order valence-corrected chi connectivity index (χ2v) is 8.88. The minimum atomic E-state index is -1.16. The van der Waals surface area contributed by atoms with Crippen LogP contribution in [-0.4, -0.2) is 41.7 Å². The summed E-state index contributed by atoms with van der Waals surface area (Å²) < 4.78 is 10.8. The van der Waals surface area contributed by atoms with Crippen molar-refractivity contribution in [3.8, 4) is 17.2 Å². The molecule has 2 aliphatic heterocycles. The Balaban J connectivity index is 1.55. The molecule has 2 aliphatic rings. The molecule has 0 saturated carbocycles. The van der Waals surface area contributed by atoms with Gasteiger partial charge in [0, 0.05) is 12.1 Å². The molecule has 196 valence electrons. The summed E-state index contributed by atoms with van der Waals surface area (Å²) in [5.74, 6) is -1.31. The summed E-state index contributed by atoms with van der Waals surface area (Å²) in [4.78, 5) is 45.3. The van der Waals surface area contributed by atoms with Crippen molar-refractivity contribution in [3.63, 3.8) is 0 Å². The lowest BCUT2D eigenvalue weighted by atomic mass is 9.90. The van der Waals surface area contributed by atoms with Gasteiger partial charge in [0.2, 0.25) is 5.91 Å². The van der Waals surface area contributed by atoms with Crippen LogP contribution in [0, 0.1) is 16.0 Å². The second-order valence-electron chi connectivity index (χ2n) is 8.88. The summed E-state index contributed by atoms with van der Waals surface area (Å²) in [7, 11) is 1.39. The average Bonchev–Trinajstić information content (AvgIpc) is 3.44. The first-order valence-corrected chi connectivity index (χ1v) is 12.0. The molecule has 11 heteroatoms. The molecule has 3 aromatic carbocycles. The average molecular weight is 520 g/mol. The SMILES string of the molecule is CCCOc1ccc(N2C(=O)[C@H]3[C@H](ON(c4cccc([N+](=O)[O-])c4)[C@H]3c3ccc(O)c(OC)c3)C2=O)cc1. The molecule has 2 amide bonds.